The maximum Gasteiger partial charge on any atom is 0.333 e. The largest absolute Gasteiger partial charge is 0.333 e. The first kappa shape index (κ1) is 33.2. The molecule has 4 rings (SSSR count). The van der Waals surface area contributed by atoms with Gasteiger partial charge in [-0.1, -0.05) is 59.7 Å². The summed E-state index contributed by atoms with van der Waals surface area (Å²) < 4.78 is 54.6. The lowest BCUT2D eigenvalue weighted by atomic mass is 9.96. The van der Waals surface area contributed by atoms with E-state index >= 15 is 0 Å². The fourth-order valence-electron chi connectivity index (χ4n) is 5.02. The van der Waals surface area contributed by atoms with Gasteiger partial charge < -0.3 is 10.6 Å². The maximum atomic E-state index is 12.6. The number of sulfonamides is 2. The highest BCUT2D eigenvalue weighted by Crippen LogP contribution is 2.27. The molecule has 4 N–H and O–H groups in total. The molecule has 4 aromatic carbocycles. The van der Waals surface area contributed by atoms with E-state index in [-0.39, 0.29) is 9.79 Å². The molecule has 0 saturated heterocycles. The van der Waals surface area contributed by atoms with Crippen molar-refractivity contribution >= 4 is 43.5 Å². The third-order valence-corrected chi connectivity index (χ3v) is 9.88. The minimum Gasteiger partial charge on any atom is -0.307 e. The number of carbonyl (C=O) groups is 2. The van der Waals surface area contributed by atoms with E-state index in [0.29, 0.717) is 17.8 Å². The number of hydrogen-bond acceptors (Lipinski definition) is 6. The molecular formula is C33H36N4O6S2. The first-order valence-corrected chi connectivity index (χ1v) is 17.0. The monoisotopic (exact) mass is 648 g/mol. The average Bonchev–Trinajstić information content (AvgIpc) is 2.93. The summed E-state index contributed by atoms with van der Waals surface area (Å²) in [5.74, 6) is 0. The molecule has 0 unspecified atom stereocenters. The van der Waals surface area contributed by atoms with Crippen molar-refractivity contribution in [2.24, 2.45) is 0 Å². The zero-order valence-corrected chi connectivity index (χ0v) is 27.5. The van der Waals surface area contributed by atoms with Crippen LogP contribution in [0.4, 0.5) is 21.0 Å². The smallest absolute Gasteiger partial charge is 0.307 e. The molecular weight excluding hydrogens is 613 g/mol. The Bertz CT molecular complexity index is 1800. The highest BCUT2D eigenvalue weighted by molar-refractivity contribution is 7.90. The van der Waals surface area contributed by atoms with Crippen LogP contribution >= 0.6 is 0 Å². The van der Waals surface area contributed by atoms with Gasteiger partial charge in [-0.3, -0.25) is 0 Å². The predicted molar refractivity (Wildman–Crippen MR) is 176 cm³/mol. The molecule has 0 fully saturated rings. The Morgan fingerprint density at radius 1 is 0.511 bits per heavy atom. The summed E-state index contributed by atoms with van der Waals surface area (Å²) >= 11 is 0. The standard InChI is InChI=1S/C33H36N4O6S2/c1-20-7-11-28(12-8-20)44(40,41)36-32(38)34-30-22(3)15-26(16-23(30)4)19-27-17-24(5)31(25(6)18-27)35-33(39)37-45(42,43)29-13-9-21(2)10-14-29/h7-18H,19H2,1-6H3,(H2,34,36,38)(H2,35,37,39). The van der Waals surface area contributed by atoms with Gasteiger partial charge in [-0.2, -0.15) is 0 Å². The van der Waals surface area contributed by atoms with Crippen LogP contribution in [-0.4, -0.2) is 28.9 Å². The number of rotatable bonds is 8. The van der Waals surface area contributed by atoms with Crippen LogP contribution in [0, 0.1) is 41.5 Å². The summed E-state index contributed by atoms with van der Waals surface area (Å²) in [6.07, 6.45) is 0.548. The summed E-state index contributed by atoms with van der Waals surface area (Å²) in [5.41, 5.74) is 7.76. The lowest BCUT2D eigenvalue weighted by molar-refractivity contribution is 0.255. The van der Waals surface area contributed by atoms with Gasteiger partial charge in [0.15, 0.2) is 0 Å². The molecule has 45 heavy (non-hydrogen) atoms. The molecule has 236 valence electrons. The van der Waals surface area contributed by atoms with E-state index in [4.69, 9.17) is 0 Å². The van der Waals surface area contributed by atoms with Crippen molar-refractivity contribution in [3.8, 4) is 0 Å². The number of urea groups is 2. The second-order valence-electron chi connectivity index (χ2n) is 11.1. The van der Waals surface area contributed by atoms with Crippen LogP contribution in [0.3, 0.4) is 0 Å². The Labute approximate surface area is 264 Å². The van der Waals surface area contributed by atoms with Crippen molar-refractivity contribution in [1.29, 1.82) is 0 Å². The molecule has 10 nitrogen and oxygen atoms in total. The quantitative estimate of drug-likeness (QED) is 0.180. The highest BCUT2D eigenvalue weighted by Gasteiger charge is 2.20. The topological polar surface area (TPSA) is 151 Å². The lowest BCUT2D eigenvalue weighted by Crippen LogP contribution is -2.34. The van der Waals surface area contributed by atoms with Crippen LogP contribution in [0.2, 0.25) is 0 Å². The first-order valence-electron chi connectivity index (χ1n) is 14.1. The van der Waals surface area contributed by atoms with Gasteiger partial charge in [0.05, 0.1) is 9.79 Å². The first-order chi connectivity index (χ1) is 21.0. The molecule has 0 aliphatic carbocycles. The minimum absolute atomic E-state index is 0.00763. The lowest BCUT2D eigenvalue weighted by Gasteiger charge is -2.17. The minimum atomic E-state index is -4.04. The molecule has 0 saturated carbocycles. The van der Waals surface area contributed by atoms with E-state index in [1.54, 1.807) is 24.3 Å². The molecule has 0 atom stereocenters. The van der Waals surface area contributed by atoms with Gasteiger partial charge in [-0.05, 0) is 106 Å². The molecule has 0 aliphatic heterocycles. The Morgan fingerprint density at radius 2 is 0.800 bits per heavy atom. The van der Waals surface area contributed by atoms with E-state index in [1.807, 2.05) is 65.8 Å². The van der Waals surface area contributed by atoms with Crippen LogP contribution in [0.25, 0.3) is 0 Å². The van der Waals surface area contributed by atoms with Crippen molar-refractivity contribution in [2.75, 3.05) is 10.6 Å². The van der Waals surface area contributed by atoms with E-state index in [1.165, 1.54) is 24.3 Å². The van der Waals surface area contributed by atoms with E-state index in [2.05, 4.69) is 20.1 Å². The van der Waals surface area contributed by atoms with Gasteiger partial charge in [0.2, 0.25) is 0 Å². The van der Waals surface area contributed by atoms with Crippen LogP contribution in [-0.2, 0) is 26.5 Å². The van der Waals surface area contributed by atoms with Crippen molar-refractivity contribution in [3.05, 3.63) is 117 Å². The molecule has 0 aromatic heterocycles. The number of anilines is 2. The fourth-order valence-corrected chi connectivity index (χ4v) is 6.83. The molecule has 12 heteroatoms. The third-order valence-electron chi connectivity index (χ3n) is 7.19. The highest BCUT2D eigenvalue weighted by atomic mass is 32.2. The Balaban J connectivity index is 1.43. The number of amides is 4. The summed E-state index contributed by atoms with van der Waals surface area (Å²) in [6, 6.07) is 18.3. The number of benzene rings is 4. The fraction of sp³-hybridized carbons (Fsp3) is 0.212. The van der Waals surface area contributed by atoms with Gasteiger partial charge in [-0.15, -0.1) is 0 Å². The molecule has 0 bridgehead atoms. The van der Waals surface area contributed by atoms with Gasteiger partial charge in [0.25, 0.3) is 20.0 Å². The van der Waals surface area contributed by atoms with Crippen LogP contribution < -0.4 is 20.1 Å². The summed E-state index contributed by atoms with van der Waals surface area (Å²) in [5, 5.41) is 5.32. The number of aryl methyl sites for hydroxylation is 6. The second-order valence-corrected chi connectivity index (χ2v) is 14.5. The number of carbonyl (C=O) groups excluding carboxylic acids is 2. The zero-order chi connectivity index (χ0) is 33.1. The summed E-state index contributed by atoms with van der Waals surface area (Å²) in [7, 11) is -8.07. The van der Waals surface area contributed by atoms with Gasteiger partial charge in [-0.25, -0.2) is 35.9 Å². The van der Waals surface area contributed by atoms with Gasteiger partial charge >= 0.3 is 12.1 Å². The van der Waals surface area contributed by atoms with Crippen molar-refractivity contribution in [2.45, 2.75) is 57.8 Å². The SMILES string of the molecule is Cc1ccc(S(=O)(=O)NC(=O)Nc2c(C)cc(Cc3cc(C)c(NC(=O)NS(=O)(=O)c4ccc(C)cc4)c(C)c3)cc2C)cc1. The number of nitrogens with one attached hydrogen (secondary N) is 4. The van der Waals surface area contributed by atoms with Gasteiger partial charge in [0, 0.05) is 11.4 Å². The zero-order valence-electron chi connectivity index (χ0n) is 25.9. The van der Waals surface area contributed by atoms with Crippen molar-refractivity contribution in [3.63, 3.8) is 0 Å². The molecule has 0 heterocycles. The predicted octanol–water partition coefficient (Wildman–Crippen LogP) is 6.15. The normalized spacial score (nSPS) is 11.5. The van der Waals surface area contributed by atoms with E-state index in [9.17, 15) is 26.4 Å². The average molecular weight is 649 g/mol. The molecule has 4 amide bonds. The number of hydrogen-bond donors (Lipinski definition) is 4. The van der Waals surface area contributed by atoms with Crippen molar-refractivity contribution < 1.29 is 26.4 Å². The Kier molecular flexibility index (Phi) is 9.69. The second kappa shape index (κ2) is 13.1. The summed E-state index contributed by atoms with van der Waals surface area (Å²) in [4.78, 5) is 25.2. The molecule has 0 aliphatic rings. The summed E-state index contributed by atoms with van der Waals surface area (Å²) in [6.45, 7) is 11.0. The Morgan fingerprint density at radius 3 is 1.09 bits per heavy atom. The molecule has 4 aromatic rings. The molecule has 0 spiro atoms. The third kappa shape index (κ3) is 8.28. The van der Waals surface area contributed by atoms with Gasteiger partial charge in [0.1, 0.15) is 0 Å². The van der Waals surface area contributed by atoms with Crippen LogP contribution in [0.5, 0.6) is 0 Å². The van der Waals surface area contributed by atoms with Crippen LogP contribution in [0.15, 0.2) is 82.6 Å². The van der Waals surface area contributed by atoms with Crippen LogP contribution in [0.1, 0.15) is 44.5 Å². The maximum absolute atomic E-state index is 12.6. The van der Waals surface area contributed by atoms with E-state index in [0.717, 1.165) is 44.5 Å². The van der Waals surface area contributed by atoms with E-state index < -0.39 is 32.1 Å². The Hall–Kier alpha value is -4.68. The van der Waals surface area contributed by atoms with Crippen molar-refractivity contribution in [1.82, 2.24) is 9.44 Å². The molecule has 0 radical (unpaired) electrons.